The second kappa shape index (κ2) is 205. The van der Waals surface area contributed by atoms with Crippen LogP contribution in [0.4, 0.5) is 0 Å². The number of nitriles is 5. The molecule has 0 aromatic heterocycles. The monoisotopic (exact) mass is 445 g/mol. The molecule has 19 heteroatoms. The Balaban J connectivity index is -0.00000000397. The molecule has 0 aliphatic heterocycles. The fraction of sp³-hybridized carbons (Fsp3) is 0. The molecule has 0 atom stereocenters. The second-order valence-corrected chi connectivity index (χ2v) is 0.559. The van der Waals surface area contributed by atoms with Crippen LogP contribution in [0, 0.1) is 57.3 Å². The minimum atomic E-state index is 0. The van der Waals surface area contributed by atoms with Gasteiger partial charge in [0.15, 0.2) is 0 Å². The molecule has 0 saturated heterocycles. The third-order valence-electron chi connectivity index (χ3n) is 0. The van der Waals surface area contributed by atoms with Gasteiger partial charge in [-0.05, 0) is 0 Å². The molecule has 5 N–H and O–H groups in total. The number of nitrogens with zero attached hydrogens (tertiary/aromatic N) is 5. The summed E-state index contributed by atoms with van der Waals surface area (Å²) >= 11 is 0. The summed E-state index contributed by atoms with van der Waals surface area (Å²) in [5.74, 6) is 0. The van der Waals surface area contributed by atoms with Crippen molar-refractivity contribution in [1.29, 1.82) is 26.3 Å². The van der Waals surface area contributed by atoms with Crippen LogP contribution in [0.3, 0.4) is 0 Å². The Morgan fingerprint density at radius 3 is 0.333 bits per heavy atom. The summed E-state index contributed by atoms with van der Waals surface area (Å²) in [5, 5.41) is 34.9. The zero-order valence-electron chi connectivity index (χ0n) is 15.6. The van der Waals surface area contributed by atoms with Gasteiger partial charge in [-0.3, -0.25) is 0 Å². The fourth-order valence-corrected chi connectivity index (χ4v) is 0. The minimum Gasteiger partial charge on any atom is -0.494 e. The summed E-state index contributed by atoms with van der Waals surface area (Å²) in [4.78, 5) is 0. The maximum atomic E-state index is 6.99. The zero-order chi connectivity index (χ0) is 13.5. The van der Waals surface area contributed by atoms with E-state index in [1.165, 1.54) is 0 Å². The molecule has 88 valence electrons. The van der Waals surface area contributed by atoms with E-state index in [0.29, 0.717) is 0 Å². The van der Waals surface area contributed by atoms with Crippen LogP contribution in [-0.4, -0.2) is 0 Å². The van der Waals surface area contributed by atoms with Crippen molar-refractivity contribution >= 4 is 0 Å². The van der Waals surface area contributed by atoms with Crippen LogP contribution in [0.15, 0.2) is 0 Å². The Morgan fingerprint density at radius 2 is 0.333 bits per heavy atom. The van der Waals surface area contributed by atoms with E-state index < -0.39 is 0 Å². The Bertz CT molecular complexity index is 218. The van der Waals surface area contributed by atoms with Crippen molar-refractivity contribution in [2.45, 2.75) is 0 Å². The first-order chi connectivity index (χ1) is 7.07. The van der Waals surface area contributed by atoms with Gasteiger partial charge in [0.1, 0.15) is 0 Å². The van der Waals surface area contributed by atoms with E-state index in [0.717, 1.165) is 31.0 Å². The van der Waals surface area contributed by atoms with Crippen molar-refractivity contribution in [3.63, 3.8) is 0 Å². The van der Waals surface area contributed by atoms with Gasteiger partial charge in [0, 0.05) is 17.1 Å². The molecule has 0 heterocycles. The molecule has 10 nitrogen and oxygen atoms in total. The Kier molecular flexibility index (Phi) is 863. The van der Waals surface area contributed by atoms with Gasteiger partial charge in [-0.15, -0.1) is 0 Å². The average Bonchev–Trinajstić information content (AvgIpc) is 2.09. The summed E-state index contributed by atoms with van der Waals surface area (Å²) in [5.41, 5.74) is 27.6. The predicted molar refractivity (Wildman–Crippen MR) is 49.7 cm³/mol. The summed E-state index contributed by atoms with van der Waals surface area (Å²) in [7, 11) is 0. The van der Waals surface area contributed by atoms with Crippen molar-refractivity contribution in [3.8, 4) is 31.0 Å². The van der Waals surface area contributed by atoms with Crippen LogP contribution < -0.4 is 236 Å². The van der Waals surface area contributed by atoms with Gasteiger partial charge in [-0.2, -0.15) is 0 Å². The van der Waals surface area contributed by atoms with E-state index in [1.54, 1.807) is 0 Å². The van der Waals surface area contributed by atoms with Gasteiger partial charge < -0.3 is 55.0 Å². The normalized spacial score (nSPS) is 1.46. The molecule has 0 aromatic rings. The van der Waals surface area contributed by atoms with E-state index in [1.807, 2.05) is 0 Å². The predicted octanol–water partition coefficient (Wildman–Crippen LogP) is -21.4. The Labute approximate surface area is 331 Å². The largest absolute Gasteiger partial charge is 1.00 e. The van der Waals surface area contributed by atoms with E-state index in [4.69, 9.17) is 55.0 Å². The first-order valence-electron chi connectivity index (χ1n) is 2.37. The van der Waals surface area contributed by atoms with Gasteiger partial charge in [0.25, 0.3) is 0 Å². The molecule has 0 bridgehead atoms. The van der Waals surface area contributed by atoms with Crippen molar-refractivity contribution in [3.05, 3.63) is 28.7 Å². The van der Waals surface area contributed by atoms with Crippen LogP contribution in [0.5, 0.6) is 0 Å². The summed E-state index contributed by atoms with van der Waals surface area (Å²) in [6, 6.07) is 0. The third kappa shape index (κ3) is 737. The smallest absolute Gasteiger partial charge is 0.494 e. The van der Waals surface area contributed by atoms with Crippen molar-refractivity contribution in [2.24, 2.45) is 0 Å². The van der Waals surface area contributed by atoms with Crippen LogP contribution in [0.2, 0.25) is 0 Å². The van der Waals surface area contributed by atoms with Gasteiger partial charge in [0.05, 0.1) is 0 Å². The molecule has 0 aromatic carbocycles. The molecular formula is C5H5FeN10Na8+3. The Morgan fingerprint density at radius 1 is 0.333 bits per heavy atom. The van der Waals surface area contributed by atoms with Crippen LogP contribution in [0.25, 0.3) is 28.7 Å². The van der Waals surface area contributed by atoms with Crippen LogP contribution in [0.1, 0.15) is 0 Å². The quantitative estimate of drug-likeness (QED) is 0.260. The van der Waals surface area contributed by atoms with E-state index in [-0.39, 0.29) is 254 Å². The maximum Gasteiger partial charge on any atom is 1.00 e. The molecule has 0 aliphatic rings. The van der Waals surface area contributed by atoms with E-state index in [2.05, 4.69) is 0 Å². The van der Waals surface area contributed by atoms with Gasteiger partial charge in [-0.25, -0.2) is 0 Å². The van der Waals surface area contributed by atoms with Gasteiger partial charge in [-0.1, -0.05) is 31.0 Å². The van der Waals surface area contributed by atoms with Gasteiger partial charge >= 0.3 is 236 Å². The van der Waals surface area contributed by atoms with Crippen LogP contribution in [-0.2, 0) is 17.1 Å². The summed E-state index contributed by atoms with van der Waals surface area (Å²) in [6.07, 6.45) is 5.00. The topological polar surface area (TPSA) is 238 Å². The Hall–Kier alpha value is 4.97. The average molecular weight is 445 g/mol. The van der Waals surface area contributed by atoms with Crippen molar-refractivity contribution in [1.82, 2.24) is 0 Å². The van der Waals surface area contributed by atoms with Crippen LogP contribution >= 0.6 is 0 Å². The molecule has 0 saturated carbocycles. The SMILES string of the molecule is N#C[NH-].N#C[NH-].N#C[NH-].N#C[NH-].N#C[NH-].[Fe].[Na+].[Na+].[Na+].[Na+].[Na+].[Na+].[Na+].[Na+]. The van der Waals surface area contributed by atoms with Crippen molar-refractivity contribution in [2.75, 3.05) is 0 Å². The minimum absolute atomic E-state index is 0. The number of hydrogen-bond donors (Lipinski definition) is 0. The molecular weight excluding hydrogens is 440 g/mol. The summed E-state index contributed by atoms with van der Waals surface area (Å²) < 4.78 is 0. The third-order valence-corrected chi connectivity index (χ3v) is 0. The summed E-state index contributed by atoms with van der Waals surface area (Å²) in [6.45, 7) is 0. The molecule has 0 amide bonds. The van der Waals surface area contributed by atoms with Gasteiger partial charge in [0.2, 0.25) is 0 Å². The van der Waals surface area contributed by atoms with Crippen molar-refractivity contribution < 1.29 is 254 Å². The molecule has 24 heavy (non-hydrogen) atoms. The van der Waals surface area contributed by atoms with E-state index >= 15 is 0 Å². The fourth-order valence-electron chi connectivity index (χ4n) is 0. The molecule has 0 radical (unpaired) electrons. The maximum absolute atomic E-state index is 6.99. The zero-order valence-corrected chi connectivity index (χ0v) is 32.7. The molecule has 0 fully saturated rings. The molecule has 0 rings (SSSR count). The first-order valence-corrected chi connectivity index (χ1v) is 2.37. The first kappa shape index (κ1) is 101. The number of hydrogen-bond acceptors (Lipinski definition) is 5. The second-order valence-electron chi connectivity index (χ2n) is 0.559. The van der Waals surface area contributed by atoms with E-state index in [9.17, 15) is 0 Å². The number of nitrogens with one attached hydrogen (secondary N) is 5. The standard InChI is InChI=1S/5CHN2.Fe.8Na/c5*2-1-3;;;;;;;;;/h5*2H;;;;;;;;;/q5*-1;;8*+1. The molecule has 0 unspecified atom stereocenters. The molecule has 0 aliphatic carbocycles. The molecule has 0 spiro atoms. The number of rotatable bonds is 0.